The lowest BCUT2D eigenvalue weighted by atomic mass is 9.86. The van der Waals surface area contributed by atoms with Crippen LogP contribution in [-0.4, -0.2) is 23.9 Å². The minimum Gasteiger partial charge on any atom is -0.341 e. The molecule has 2 rings (SSSR count). The molecule has 1 atom stereocenters. The molecule has 1 aliphatic rings. The molecule has 1 unspecified atom stereocenters. The monoisotopic (exact) mass is 307 g/mol. The van der Waals surface area contributed by atoms with Crippen molar-refractivity contribution in [3.05, 3.63) is 35.4 Å². The maximum Gasteiger partial charge on any atom is 0.245 e. The van der Waals surface area contributed by atoms with Crippen molar-refractivity contribution in [1.82, 2.24) is 4.90 Å². The molecular weight excluding hydrogens is 282 g/mol. The first-order valence-electron chi connectivity index (χ1n) is 7.93. The van der Waals surface area contributed by atoms with E-state index in [0.29, 0.717) is 0 Å². The van der Waals surface area contributed by atoms with Gasteiger partial charge in [-0.05, 0) is 29.4 Å². The van der Waals surface area contributed by atoms with E-state index in [0.717, 1.165) is 31.5 Å². The van der Waals surface area contributed by atoms with Crippen LogP contribution in [-0.2, 0) is 10.2 Å². The molecule has 1 aromatic carbocycles. The molecule has 0 spiro atoms. The second kappa shape index (κ2) is 6.83. The SMILES string of the molecule is CC(C)(C)c1ccc(C(Cl)C(=O)N2CCCCCC2)cc1. The van der Waals surface area contributed by atoms with Crippen molar-refractivity contribution in [3.8, 4) is 0 Å². The minimum absolute atomic E-state index is 0.0575. The van der Waals surface area contributed by atoms with E-state index in [1.807, 2.05) is 17.0 Å². The van der Waals surface area contributed by atoms with Gasteiger partial charge in [0.2, 0.25) is 5.91 Å². The van der Waals surface area contributed by atoms with Gasteiger partial charge in [0, 0.05) is 13.1 Å². The second-order valence-corrected chi connectivity index (χ2v) is 7.41. The predicted octanol–water partition coefficient (Wildman–Crippen LogP) is 4.67. The Labute approximate surface area is 133 Å². The van der Waals surface area contributed by atoms with E-state index < -0.39 is 5.38 Å². The number of alkyl halides is 1. The van der Waals surface area contributed by atoms with E-state index in [1.165, 1.54) is 18.4 Å². The smallest absolute Gasteiger partial charge is 0.245 e. The van der Waals surface area contributed by atoms with Crippen molar-refractivity contribution in [1.29, 1.82) is 0 Å². The van der Waals surface area contributed by atoms with Crippen molar-refractivity contribution in [2.24, 2.45) is 0 Å². The van der Waals surface area contributed by atoms with Crippen LogP contribution in [0, 0.1) is 0 Å². The van der Waals surface area contributed by atoms with Crippen LogP contribution in [0.2, 0.25) is 0 Å². The second-order valence-electron chi connectivity index (χ2n) is 6.97. The number of benzene rings is 1. The van der Waals surface area contributed by atoms with Gasteiger partial charge in [-0.2, -0.15) is 0 Å². The van der Waals surface area contributed by atoms with Crippen LogP contribution in [0.5, 0.6) is 0 Å². The Kier molecular flexibility index (Phi) is 5.32. The lowest BCUT2D eigenvalue weighted by molar-refractivity contribution is -0.130. The first-order chi connectivity index (χ1) is 9.89. The summed E-state index contributed by atoms with van der Waals surface area (Å²) >= 11 is 6.42. The molecule has 1 amide bonds. The molecule has 0 aromatic heterocycles. The quantitative estimate of drug-likeness (QED) is 0.727. The van der Waals surface area contributed by atoms with Gasteiger partial charge in [0.25, 0.3) is 0 Å². The topological polar surface area (TPSA) is 20.3 Å². The van der Waals surface area contributed by atoms with Crippen LogP contribution >= 0.6 is 11.6 Å². The molecule has 1 heterocycles. The van der Waals surface area contributed by atoms with E-state index >= 15 is 0 Å². The van der Waals surface area contributed by atoms with Gasteiger partial charge in [-0.15, -0.1) is 11.6 Å². The molecular formula is C18H26ClNO. The lowest BCUT2D eigenvalue weighted by Crippen LogP contribution is -2.34. The first-order valence-corrected chi connectivity index (χ1v) is 8.36. The van der Waals surface area contributed by atoms with Crippen LogP contribution in [0.3, 0.4) is 0 Å². The van der Waals surface area contributed by atoms with Gasteiger partial charge in [-0.1, -0.05) is 57.9 Å². The van der Waals surface area contributed by atoms with Crippen molar-refractivity contribution in [2.45, 2.75) is 57.2 Å². The fraction of sp³-hybridized carbons (Fsp3) is 0.611. The van der Waals surface area contributed by atoms with Crippen LogP contribution in [0.15, 0.2) is 24.3 Å². The molecule has 21 heavy (non-hydrogen) atoms. The zero-order valence-electron chi connectivity index (χ0n) is 13.4. The summed E-state index contributed by atoms with van der Waals surface area (Å²) in [5.74, 6) is 0.0575. The van der Waals surface area contributed by atoms with Crippen molar-refractivity contribution in [2.75, 3.05) is 13.1 Å². The normalized spacial score (nSPS) is 18.2. The number of hydrogen-bond acceptors (Lipinski definition) is 1. The number of carbonyl (C=O) groups excluding carboxylic acids is 1. The van der Waals surface area contributed by atoms with Crippen molar-refractivity contribution >= 4 is 17.5 Å². The molecule has 1 saturated heterocycles. The van der Waals surface area contributed by atoms with Crippen LogP contribution in [0.1, 0.15) is 63.0 Å². The van der Waals surface area contributed by atoms with Gasteiger partial charge in [-0.25, -0.2) is 0 Å². The fourth-order valence-corrected chi connectivity index (χ4v) is 3.03. The maximum absolute atomic E-state index is 12.5. The van der Waals surface area contributed by atoms with E-state index in [-0.39, 0.29) is 11.3 Å². The fourth-order valence-electron chi connectivity index (χ4n) is 2.75. The highest BCUT2D eigenvalue weighted by Gasteiger charge is 2.25. The number of nitrogens with zero attached hydrogens (tertiary/aromatic N) is 1. The molecule has 1 fully saturated rings. The molecule has 3 heteroatoms. The highest BCUT2D eigenvalue weighted by atomic mass is 35.5. The average molecular weight is 308 g/mol. The Morgan fingerprint density at radius 2 is 1.57 bits per heavy atom. The average Bonchev–Trinajstić information content (AvgIpc) is 2.74. The summed E-state index contributed by atoms with van der Waals surface area (Å²) in [7, 11) is 0. The summed E-state index contributed by atoms with van der Waals surface area (Å²) in [5, 5.41) is -0.558. The number of rotatable bonds is 2. The number of halogens is 1. The molecule has 1 aromatic rings. The van der Waals surface area contributed by atoms with E-state index in [2.05, 4.69) is 32.9 Å². The third kappa shape index (κ3) is 4.23. The number of carbonyl (C=O) groups is 1. The molecule has 0 aliphatic carbocycles. The van der Waals surface area contributed by atoms with Crippen LogP contribution < -0.4 is 0 Å². The molecule has 0 bridgehead atoms. The highest BCUT2D eigenvalue weighted by molar-refractivity contribution is 6.30. The Bertz CT molecular complexity index is 467. The zero-order valence-corrected chi connectivity index (χ0v) is 14.1. The van der Waals surface area contributed by atoms with Gasteiger partial charge >= 0.3 is 0 Å². The molecule has 0 radical (unpaired) electrons. The summed E-state index contributed by atoms with van der Waals surface area (Å²) in [6, 6.07) is 8.16. The summed E-state index contributed by atoms with van der Waals surface area (Å²) in [6.45, 7) is 8.25. The molecule has 2 nitrogen and oxygen atoms in total. The third-order valence-corrected chi connectivity index (χ3v) is 4.64. The summed E-state index contributed by atoms with van der Waals surface area (Å²) in [5.41, 5.74) is 2.28. The van der Waals surface area contributed by atoms with Gasteiger partial charge in [0.15, 0.2) is 0 Å². The lowest BCUT2D eigenvalue weighted by Gasteiger charge is -2.24. The molecule has 0 N–H and O–H groups in total. The summed E-state index contributed by atoms with van der Waals surface area (Å²) in [6.07, 6.45) is 4.63. The minimum atomic E-state index is -0.558. The van der Waals surface area contributed by atoms with Gasteiger partial charge in [0.05, 0.1) is 0 Å². The van der Waals surface area contributed by atoms with E-state index in [1.54, 1.807) is 0 Å². The maximum atomic E-state index is 12.5. The molecule has 0 saturated carbocycles. The number of amides is 1. The predicted molar refractivity (Wildman–Crippen MR) is 88.8 cm³/mol. The van der Waals surface area contributed by atoms with Gasteiger partial charge < -0.3 is 4.90 Å². The zero-order chi connectivity index (χ0) is 15.5. The van der Waals surface area contributed by atoms with Crippen molar-refractivity contribution in [3.63, 3.8) is 0 Å². The Morgan fingerprint density at radius 1 is 1.05 bits per heavy atom. The molecule has 116 valence electrons. The van der Waals surface area contributed by atoms with E-state index in [9.17, 15) is 4.79 Å². The first kappa shape index (κ1) is 16.4. The number of likely N-dealkylation sites (tertiary alicyclic amines) is 1. The van der Waals surface area contributed by atoms with Crippen LogP contribution in [0.4, 0.5) is 0 Å². The van der Waals surface area contributed by atoms with E-state index in [4.69, 9.17) is 11.6 Å². The molecule has 1 aliphatic heterocycles. The Balaban J connectivity index is 2.08. The largest absolute Gasteiger partial charge is 0.341 e. The van der Waals surface area contributed by atoms with Crippen molar-refractivity contribution < 1.29 is 4.79 Å². The van der Waals surface area contributed by atoms with Gasteiger partial charge in [0.1, 0.15) is 5.38 Å². The number of hydrogen-bond donors (Lipinski definition) is 0. The Morgan fingerprint density at radius 3 is 2.05 bits per heavy atom. The van der Waals surface area contributed by atoms with Gasteiger partial charge in [-0.3, -0.25) is 4.79 Å². The highest BCUT2D eigenvalue weighted by Crippen LogP contribution is 2.28. The van der Waals surface area contributed by atoms with Crippen LogP contribution in [0.25, 0.3) is 0 Å². The standard InChI is InChI=1S/C18H26ClNO/c1-18(2,3)15-10-8-14(9-11-15)16(19)17(21)20-12-6-4-5-7-13-20/h8-11,16H,4-7,12-13H2,1-3H3. The third-order valence-electron chi connectivity index (χ3n) is 4.20. The summed E-state index contributed by atoms with van der Waals surface area (Å²) < 4.78 is 0. The Hall–Kier alpha value is -1.02. The summed E-state index contributed by atoms with van der Waals surface area (Å²) in [4.78, 5) is 14.5.